The molecule has 0 bridgehead atoms. The number of piperidine rings is 1. The second-order valence-corrected chi connectivity index (χ2v) is 12.0. The topological polar surface area (TPSA) is 103 Å². The number of benzene rings is 2. The zero-order valence-corrected chi connectivity index (χ0v) is 23.6. The number of halogens is 1. The first-order valence-corrected chi connectivity index (χ1v) is 14.4. The number of hydrogen-bond acceptors (Lipinski definition) is 4. The number of imidazole rings is 1. The highest BCUT2D eigenvalue weighted by atomic mass is 19.1. The summed E-state index contributed by atoms with van der Waals surface area (Å²) in [5, 5.41) is 13.4. The molecule has 214 valence electrons. The van der Waals surface area contributed by atoms with Crippen molar-refractivity contribution in [1.29, 1.82) is 0 Å². The van der Waals surface area contributed by atoms with Crippen molar-refractivity contribution in [2.45, 2.75) is 83.5 Å². The number of carbonyl (C=O) groups excluding carboxylic acids is 2. The zero-order valence-electron chi connectivity index (χ0n) is 23.6. The van der Waals surface area contributed by atoms with Crippen molar-refractivity contribution in [3.8, 4) is 0 Å². The average Bonchev–Trinajstić information content (AvgIpc) is 3.26. The average molecular weight is 550 g/mol. The van der Waals surface area contributed by atoms with Crippen molar-refractivity contribution in [2.75, 3.05) is 13.1 Å². The van der Waals surface area contributed by atoms with Gasteiger partial charge >= 0.3 is 0 Å². The van der Waals surface area contributed by atoms with E-state index in [2.05, 4.69) is 43.0 Å². The van der Waals surface area contributed by atoms with Crippen LogP contribution in [0.5, 0.6) is 0 Å². The molecular formula is C31H40FN5O3. The molecule has 0 unspecified atom stereocenters. The molecule has 1 saturated carbocycles. The van der Waals surface area contributed by atoms with Gasteiger partial charge in [0, 0.05) is 31.1 Å². The second kappa shape index (κ2) is 11.7. The van der Waals surface area contributed by atoms with Gasteiger partial charge in [-0.05, 0) is 113 Å². The van der Waals surface area contributed by atoms with E-state index in [1.54, 1.807) is 6.92 Å². The number of carbonyl (C=O) groups is 2. The Hall–Kier alpha value is -3.30. The van der Waals surface area contributed by atoms with Crippen LogP contribution in [0.3, 0.4) is 0 Å². The summed E-state index contributed by atoms with van der Waals surface area (Å²) >= 11 is 0. The number of hydrogen-bond donors (Lipinski definition) is 3. The van der Waals surface area contributed by atoms with Crippen molar-refractivity contribution in [3.05, 3.63) is 65.0 Å². The van der Waals surface area contributed by atoms with Crippen LogP contribution in [0.4, 0.5) is 4.39 Å². The Balaban J connectivity index is 1.44. The Labute approximate surface area is 234 Å². The molecule has 2 aromatic carbocycles. The van der Waals surface area contributed by atoms with E-state index in [1.807, 2.05) is 13.8 Å². The summed E-state index contributed by atoms with van der Waals surface area (Å²) in [5.74, 6) is -0.527. The summed E-state index contributed by atoms with van der Waals surface area (Å²) in [6, 6.07) is 12.1. The van der Waals surface area contributed by atoms with Crippen LogP contribution in [-0.2, 0) is 11.3 Å². The van der Waals surface area contributed by atoms with Gasteiger partial charge in [-0.25, -0.2) is 4.39 Å². The van der Waals surface area contributed by atoms with E-state index >= 15 is 0 Å². The number of rotatable bonds is 6. The summed E-state index contributed by atoms with van der Waals surface area (Å²) in [6.45, 7) is 8.06. The Morgan fingerprint density at radius 3 is 2.35 bits per heavy atom. The van der Waals surface area contributed by atoms with Crippen molar-refractivity contribution >= 4 is 22.8 Å². The number of nitrogens with zero attached hydrogens (tertiary/aromatic N) is 3. The molecule has 1 aliphatic carbocycles. The fourth-order valence-corrected chi connectivity index (χ4v) is 6.30. The highest BCUT2D eigenvalue weighted by Gasteiger charge is 2.30. The lowest BCUT2D eigenvalue weighted by Gasteiger charge is -2.37. The molecule has 5 rings (SSSR count). The van der Waals surface area contributed by atoms with Gasteiger partial charge < -0.3 is 20.0 Å². The number of nitrogens with one attached hydrogen (secondary N) is 2. The summed E-state index contributed by atoms with van der Waals surface area (Å²) in [6.07, 6.45) is 5.36. The molecule has 3 aromatic rings. The molecule has 2 amide bonds. The van der Waals surface area contributed by atoms with Crippen molar-refractivity contribution in [1.82, 2.24) is 19.8 Å². The van der Waals surface area contributed by atoms with Crippen LogP contribution in [0.2, 0.25) is 0 Å². The van der Waals surface area contributed by atoms with Crippen LogP contribution in [0.15, 0.2) is 47.5 Å². The molecular weight excluding hydrogens is 509 g/mol. The molecule has 9 heteroatoms. The Morgan fingerprint density at radius 1 is 1.05 bits per heavy atom. The molecule has 2 aliphatic rings. The van der Waals surface area contributed by atoms with Gasteiger partial charge in [0.25, 0.3) is 5.91 Å². The van der Waals surface area contributed by atoms with Gasteiger partial charge in [-0.3, -0.25) is 14.5 Å². The number of H-pyrrole nitrogens is 1. The molecule has 0 spiro atoms. The van der Waals surface area contributed by atoms with Gasteiger partial charge in [-0.2, -0.15) is 4.99 Å². The first-order chi connectivity index (χ1) is 19.1. The maximum Gasteiger partial charge on any atom is 0.280 e. The van der Waals surface area contributed by atoms with Crippen molar-refractivity contribution in [3.63, 3.8) is 0 Å². The first kappa shape index (κ1) is 28.2. The van der Waals surface area contributed by atoms with E-state index < -0.39 is 17.3 Å². The Morgan fingerprint density at radius 2 is 1.73 bits per heavy atom. The third-order valence-corrected chi connectivity index (χ3v) is 8.56. The Kier molecular flexibility index (Phi) is 8.24. The smallest absolute Gasteiger partial charge is 0.280 e. The van der Waals surface area contributed by atoms with Gasteiger partial charge in [0.05, 0.1) is 16.6 Å². The molecule has 2 fully saturated rings. The van der Waals surface area contributed by atoms with Crippen molar-refractivity contribution < 1.29 is 19.1 Å². The number of aromatic nitrogens is 2. The summed E-state index contributed by atoms with van der Waals surface area (Å²) in [5.41, 5.74) is 3.25. The highest BCUT2D eigenvalue weighted by Crippen LogP contribution is 2.31. The van der Waals surface area contributed by atoms with Gasteiger partial charge in [0.15, 0.2) is 0 Å². The van der Waals surface area contributed by atoms with Gasteiger partial charge in [-0.1, -0.05) is 6.07 Å². The molecule has 40 heavy (non-hydrogen) atoms. The van der Waals surface area contributed by atoms with E-state index in [9.17, 15) is 19.1 Å². The lowest BCUT2D eigenvalue weighted by atomic mass is 9.83. The minimum atomic E-state index is -0.647. The summed E-state index contributed by atoms with van der Waals surface area (Å²) < 4.78 is 15.6. The third kappa shape index (κ3) is 6.53. The number of fused-ring (bicyclic) bond motifs is 1. The molecule has 1 aromatic heterocycles. The van der Waals surface area contributed by atoms with E-state index in [4.69, 9.17) is 0 Å². The fraction of sp³-hybridized carbons (Fsp3) is 0.516. The largest absolute Gasteiger partial charge is 0.390 e. The van der Waals surface area contributed by atoms with Crippen LogP contribution in [0.25, 0.3) is 11.0 Å². The normalized spacial score (nSPS) is 21.6. The SMILES string of the molecule is CC(=O)N[C@H]1CC[C@H](n2/c(=N/C(=O)c3ccc(F)cc3)[nH]c3ccc(CN4CCC(C(C)(C)O)CC4)cc32)CC1. The first-order valence-electron chi connectivity index (χ1n) is 14.4. The maximum absolute atomic E-state index is 13.4. The molecule has 8 nitrogen and oxygen atoms in total. The zero-order chi connectivity index (χ0) is 28.4. The van der Waals surface area contributed by atoms with Gasteiger partial charge in [-0.15, -0.1) is 0 Å². The number of likely N-dealkylation sites (tertiary alicyclic amines) is 1. The lowest BCUT2D eigenvalue weighted by molar-refractivity contribution is -0.119. The third-order valence-electron chi connectivity index (χ3n) is 8.56. The molecule has 1 aliphatic heterocycles. The second-order valence-electron chi connectivity index (χ2n) is 12.0. The number of aromatic amines is 1. The van der Waals surface area contributed by atoms with Gasteiger partial charge in [0.1, 0.15) is 5.82 Å². The number of aliphatic hydroxyl groups is 1. The van der Waals surface area contributed by atoms with Gasteiger partial charge in [0.2, 0.25) is 11.5 Å². The minimum absolute atomic E-state index is 0.0139. The minimum Gasteiger partial charge on any atom is -0.390 e. The highest BCUT2D eigenvalue weighted by molar-refractivity contribution is 5.94. The fourth-order valence-electron chi connectivity index (χ4n) is 6.30. The maximum atomic E-state index is 13.4. The quantitative estimate of drug-likeness (QED) is 0.423. The molecule has 0 radical (unpaired) electrons. The standard InChI is InChI=1S/C31H40FN5O3/c1-20(38)33-25-9-11-26(12-10-25)37-28-18-21(19-36-16-14-23(15-17-36)31(2,3)40)4-13-27(28)34-30(37)35-29(39)22-5-7-24(32)8-6-22/h4-8,13,18,23,25-26,40H,9-12,14-17,19H2,1-3H3,(H,33,38)(H,34,35,39)/t25-,26-. The van der Waals surface area contributed by atoms with Crippen molar-refractivity contribution in [2.24, 2.45) is 10.9 Å². The van der Waals surface area contributed by atoms with E-state index in [0.717, 1.165) is 69.2 Å². The predicted octanol–water partition coefficient (Wildman–Crippen LogP) is 4.45. The molecule has 2 heterocycles. The van der Waals surface area contributed by atoms with E-state index in [-0.39, 0.29) is 18.0 Å². The van der Waals surface area contributed by atoms with Crippen LogP contribution in [0.1, 0.15) is 81.3 Å². The summed E-state index contributed by atoms with van der Waals surface area (Å²) in [4.78, 5) is 34.9. The predicted molar refractivity (Wildman–Crippen MR) is 152 cm³/mol. The molecule has 0 atom stereocenters. The van der Waals surface area contributed by atoms with Crippen LogP contribution >= 0.6 is 0 Å². The monoisotopic (exact) mass is 549 g/mol. The van der Waals surface area contributed by atoms with Crippen LogP contribution in [-0.4, -0.2) is 56.1 Å². The van der Waals surface area contributed by atoms with Crippen LogP contribution in [0, 0.1) is 11.7 Å². The summed E-state index contributed by atoms with van der Waals surface area (Å²) in [7, 11) is 0. The Bertz CT molecular complexity index is 1420. The van der Waals surface area contributed by atoms with E-state index in [0.29, 0.717) is 17.1 Å². The van der Waals surface area contributed by atoms with Crippen LogP contribution < -0.4 is 10.9 Å². The lowest BCUT2D eigenvalue weighted by Crippen LogP contribution is -2.41. The molecule has 1 saturated heterocycles. The number of amides is 2. The molecule has 3 N–H and O–H groups in total. The van der Waals surface area contributed by atoms with E-state index in [1.165, 1.54) is 29.8 Å².